The summed E-state index contributed by atoms with van der Waals surface area (Å²) in [6.45, 7) is 0.574. The van der Waals surface area contributed by atoms with Gasteiger partial charge >= 0.3 is 0 Å². The average molecular weight is 290 g/mol. The number of benzene rings is 2. The summed E-state index contributed by atoms with van der Waals surface area (Å²) in [5.41, 5.74) is 7.37. The number of methoxy groups -OCH3 is 2. The van der Waals surface area contributed by atoms with E-state index in [0.717, 1.165) is 17.7 Å². The third kappa shape index (κ3) is 3.56. The van der Waals surface area contributed by atoms with E-state index in [2.05, 4.69) is 5.32 Å². The number of nitrogen functional groups attached to an aromatic ring is 1. The van der Waals surface area contributed by atoms with Gasteiger partial charge in [0.25, 0.3) is 0 Å². The van der Waals surface area contributed by atoms with Gasteiger partial charge in [0.15, 0.2) is 0 Å². The molecule has 5 heteroatoms. The van der Waals surface area contributed by atoms with E-state index in [0.29, 0.717) is 18.0 Å². The second-order valence-electron chi connectivity index (χ2n) is 4.56. The van der Waals surface area contributed by atoms with Crippen molar-refractivity contribution in [3.63, 3.8) is 0 Å². The Morgan fingerprint density at radius 1 is 1.10 bits per heavy atom. The van der Waals surface area contributed by atoms with E-state index in [-0.39, 0.29) is 5.69 Å². The van der Waals surface area contributed by atoms with Crippen molar-refractivity contribution in [2.24, 2.45) is 0 Å². The minimum absolute atomic E-state index is 0.283. The lowest BCUT2D eigenvalue weighted by Gasteiger charge is -2.12. The summed E-state index contributed by atoms with van der Waals surface area (Å²) in [5, 5.41) is 3.05. The summed E-state index contributed by atoms with van der Waals surface area (Å²) in [4.78, 5) is 0. The summed E-state index contributed by atoms with van der Waals surface area (Å²) in [7, 11) is 3.14. The van der Waals surface area contributed by atoms with Crippen LogP contribution in [0.3, 0.4) is 0 Å². The van der Waals surface area contributed by atoms with Gasteiger partial charge in [-0.2, -0.15) is 0 Å². The van der Waals surface area contributed by atoms with Crippen LogP contribution in [-0.4, -0.2) is 20.8 Å². The number of hydrogen-bond acceptors (Lipinski definition) is 4. The van der Waals surface area contributed by atoms with Crippen molar-refractivity contribution in [2.75, 3.05) is 31.8 Å². The summed E-state index contributed by atoms with van der Waals surface area (Å²) in [6.07, 6.45) is 0.718. The van der Waals surface area contributed by atoms with Gasteiger partial charge in [-0.25, -0.2) is 4.39 Å². The Morgan fingerprint density at radius 2 is 1.81 bits per heavy atom. The van der Waals surface area contributed by atoms with Gasteiger partial charge in [-0.1, -0.05) is 18.2 Å². The highest BCUT2D eigenvalue weighted by Crippen LogP contribution is 2.28. The number of para-hydroxylation sites is 1. The Balaban J connectivity index is 2.03. The maximum Gasteiger partial charge on any atom is 0.148 e. The lowest BCUT2D eigenvalue weighted by molar-refractivity contribution is 0.410. The van der Waals surface area contributed by atoms with E-state index in [1.165, 1.54) is 13.2 Å². The van der Waals surface area contributed by atoms with Crippen molar-refractivity contribution in [1.29, 1.82) is 0 Å². The zero-order valence-corrected chi connectivity index (χ0v) is 12.2. The number of hydrogen-bond donors (Lipinski definition) is 2. The fraction of sp³-hybridized carbons (Fsp3) is 0.250. The van der Waals surface area contributed by atoms with Crippen LogP contribution in [0.2, 0.25) is 0 Å². The zero-order chi connectivity index (χ0) is 15.2. The van der Waals surface area contributed by atoms with Gasteiger partial charge in [-0.05, 0) is 18.1 Å². The van der Waals surface area contributed by atoms with Crippen molar-refractivity contribution in [1.82, 2.24) is 0 Å². The number of nitrogens with one attached hydrogen (secondary N) is 1. The first kappa shape index (κ1) is 15.0. The molecule has 0 aliphatic heterocycles. The Morgan fingerprint density at radius 3 is 2.52 bits per heavy atom. The van der Waals surface area contributed by atoms with Crippen LogP contribution in [-0.2, 0) is 6.42 Å². The molecule has 112 valence electrons. The van der Waals surface area contributed by atoms with Crippen LogP contribution in [0, 0.1) is 5.82 Å². The molecule has 0 saturated heterocycles. The molecule has 0 saturated carbocycles. The van der Waals surface area contributed by atoms with Crippen LogP contribution in [0.15, 0.2) is 36.4 Å². The van der Waals surface area contributed by atoms with E-state index in [1.54, 1.807) is 13.2 Å². The highest BCUT2D eigenvalue weighted by Gasteiger charge is 2.08. The van der Waals surface area contributed by atoms with Crippen LogP contribution in [0.1, 0.15) is 5.56 Å². The third-order valence-corrected chi connectivity index (χ3v) is 3.22. The van der Waals surface area contributed by atoms with Gasteiger partial charge in [0.05, 0.1) is 25.6 Å². The van der Waals surface area contributed by atoms with E-state index >= 15 is 0 Å². The number of anilines is 2. The third-order valence-electron chi connectivity index (χ3n) is 3.22. The van der Waals surface area contributed by atoms with Crippen molar-refractivity contribution < 1.29 is 13.9 Å². The predicted octanol–water partition coefficient (Wildman–Crippen LogP) is 3.08. The van der Waals surface area contributed by atoms with Crippen molar-refractivity contribution in [3.05, 3.63) is 47.8 Å². The summed E-state index contributed by atoms with van der Waals surface area (Å²) >= 11 is 0. The molecule has 0 radical (unpaired) electrons. The molecule has 4 nitrogen and oxygen atoms in total. The normalized spacial score (nSPS) is 10.2. The summed E-state index contributed by atoms with van der Waals surface area (Å²) in [6, 6.07) is 10.6. The first-order valence-electron chi connectivity index (χ1n) is 6.64. The van der Waals surface area contributed by atoms with Crippen LogP contribution < -0.4 is 20.5 Å². The highest BCUT2D eigenvalue weighted by molar-refractivity contribution is 5.62. The van der Waals surface area contributed by atoms with E-state index < -0.39 is 5.82 Å². The number of halogens is 1. The fourth-order valence-corrected chi connectivity index (χ4v) is 2.12. The van der Waals surface area contributed by atoms with Crippen LogP contribution in [0.25, 0.3) is 0 Å². The van der Waals surface area contributed by atoms with Crippen LogP contribution in [0.4, 0.5) is 15.8 Å². The number of nitrogens with two attached hydrogens (primary N) is 1. The second kappa shape index (κ2) is 6.83. The Bertz CT molecular complexity index is 617. The molecule has 0 bridgehead atoms. The molecule has 0 aromatic heterocycles. The van der Waals surface area contributed by atoms with Gasteiger partial charge in [-0.15, -0.1) is 0 Å². The van der Waals surface area contributed by atoms with Crippen molar-refractivity contribution >= 4 is 11.4 Å². The maximum atomic E-state index is 13.8. The van der Waals surface area contributed by atoms with Crippen LogP contribution in [0.5, 0.6) is 11.5 Å². The molecule has 0 amide bonds. The molecule has 0 heterocycles. The largest absolute Gasteiger partial charge is 0.496 e. The standard InChI is InChI=1S/C16H19FN2O2/c1-20-15-6-4-3-5-11(15)7-8-19-14-10-16(21-2)13(18)9-12(14)17/h3-6,9-10,19H,7-8,18H2,1-2H3. The fourth-order valence-electron chi connectivity index (χ4n) is 2.12. The van der Waals surface area contributed by atoms with Gasteiger partial charge in [0, 0.05) is 18.7 Å². The minimum atomic E-state index is -0.395. The lowest BCUT2D eigenvalue weighted by Crippen LogP contribution is -2.08. The number of rotatable bonds is 6. The topological polar surface area (TPSA) is 56.5 Å². The van der Waals surface area contributed by atoms with Crippen molar-refractivity contribution in [2.45, 2.75) is 6.42 Å². The molecule has 3 N–H and O–H groups in total. The molecular formula is C16H19FN2O2. The van der Waals surface area contributed by atoms with E-state index in [9.17, 15) is 4.39 Å². The smallest absolute Gasteiger partial charge is 0.148 e. The SMILES string of the molecule is COc1cc(NCCc2ccccc2OC)c(F)cc1N. The first-order valence-corrected chi connectivity index (χ1v) is 6.64. The monoisotopic (exact) mass is 290 g/mol. The Kier molecular flexibility index (Phi) is 4.87. The van der Waals surface area contributed by atoms with E-state index in [4.69, 9.17) is 15.2 Å². The molecular weight excluding hydrogens is 271 g/mol. The Labute approximate surface area is 123 Å². The van der Waals surface area contributed by atoms with E-state index in [1.807, 2.05) is 24.3 Å². The average Bonchev–Trinajstić information content (AvgIpc) is 2.50. The van der Waals surface area contributed by atoms with Crippen molar-refractivity contribution in [3.8, 4) is 11.5 Å². The highest BCUT2D eigenvalue weighted by atomic mass is 19.1. The quantitative estimate of drug-likeness (QED) is 0.803. The molecule has 2 rings (SSSR count). The second-order valence-corrected chi connectivity index (χ2v) is 4.56. The zero-order valence-electron chi connectivity index (χ0n) is 12.2. The molecule has 21 heavy (non-hydrogen) atoms. The molecule has 0 spiro atoms. The molecule has 0 atom stereocenters. The van der Waals surface area contributed by atoms with Gasteiger partial charge in [0.2, 0.25) is 0 Å². The summed E-state index contributed by atoms with van der Waals surface area (Å²) in [5.74, 6) is 0.888. The molecule has 0 aliphatic carbocycles. The Hall–Kier alpha value is -2.43. The lowest BCUT2D eigenvalue weighted by atomic mass is 10.1. The summed E-state index contributed by atoms with van der Waals surface area (Å²) < 4.78 is 24.2. The minimum Gasteiger partial charge on any atom is -0.496 e. The van der Waals surface area contributed by atoms with Crippen LogP contribution >= 0.6 is 0 Å². The molecule has 0 aliphatic rings. The van der Waals surface area contributed by atoms with Gasteiger partial charge in [0.1, 0.15) is 17.3 Å². The molecule has 2 aromatic rings. The molecule has 2 aromatic carbocycles. The number of ether oxygens (including phenoxy) is 2. The molecule has 0 fully saturated rings. The maximum absolute atomic E-state index is 13.8. The van der Waals surface area contributed by atoms with Gasteiger partial charge in [-0.3, -0.25) is 0 Å². The predicted molar refractivity (Wildman–Crippen MR) is 82.6 cm³/mol. The molecule has 0 unspecified atom stereocenters. The first-order chi connectivity index (χ1) is 10.2. The van der Waals surface area contributed by atoms with Gasteiger partial charge < -0.3 is 20.5 Å².